The molecule has 0 radical (unpaired) electrons. The van der Waals surface area contributed by atoms with Crippen molar-refractivity contribution in [3.05, 3.63) is 78.0 Å². The molecule has 150 valence electrons. The number of likely N-dealkylation sites (tertiary alicyclic amines) is 1. The van der Waals surface area contributed by atoms with E-state index in [4.69, 9.17) is 9.15 Å². The number of ether oxygens (including phenoxy) is 1. The molecule has 3 aromatic rings. The summed E-state index contributed by atoms with van der Waals surface area (Å²) in [7, 11) is 0. The Morgan fingerprint density at radius 2 is 1.83 bits per heavy atom. The van der Waals surface area contributed by atoms with Gasteiger partial charge in [0.25, 0.3) is 5.91 Å². The lowest BCUT2D eigenvalue weighted by atomic mass is 10.1. The summed E-state index contributed by atoms with van der Waals surface area (Å²) in [5.41, 5.74) is 0.653. The summed E-state index contributed by atoms with van der Waals surface area (Å²) in [6, 6.07) is 14.2. The highest BCUT2D eigenvalue weighted by Crippen LogP contribution is 2.24. The lowest BCUT2D eigenvalue weighted by Gasteiger charge is -2.30. The van der Waals surface area contributed by atoms with Crippen molar-refractivity contribution in [2.24, 2.45) is 0 Å². The number of benzene rings is 1. The highest BCUT2D eigenvalue weighted by molar-refractivity contribution is 5.90. The number of carbonyl (C=O) groups is 2. The molecule has 0 N–H and O–H groups in total. The molecule has 1 saturated heterocycles. The molecule has 1 unspecified atom stereocenters. The maximum Gasteiger partial charge on any atom is 0.375 e. The summed E-state index contributed by atoms with van der Waals surface area (Å²) in [6.45, 7) is 1.79. The second-order valence-electron chi connectivity index (χ2n) is 7.05. The fourth-order valence-corrected chi connectivity index (χ4v) is 3.46. The van der Waals surface area contributed by atoms with Crippen LogP contribution in [0.3, 0.4) is 0 Å². The van der Waals surface area contributed by atoms with Crippen LogP contribution >= 0.6 is 0 Å². The Bertz CT molecular complexity index is 944. The van der Waals surface area contributed by atoms with Crippen LogP contribution in [0.4, 0.5) is 0 Å². The van der Waals surface area contributed by atoms with Gasteiger partial charge in [0.05, 0.1) is 6.54 Å². The minimum atomic E-state index is -0.985. The fourth-order valence-electron chi connectivity index (χ4n) is 3.46. The first-order valence-electron chi connectivity index (χ1n) is 9.81. The highest BCUT2D eigenvalue weighted by Gasteiger charge is 2.31. The molecule has 3 heterocycles. The largest absolute Gasteiger partial charge is 0.452 e. The van der Waals surface area contributed by atoms with Crippen molar-refractivity contribution in [1.82, 2.24) is 14.7 Å². The zero-order valence-corrected chi connectivity index (χ0v) is 16.1. The van der Waals surface area contributed by atoms with Gasteiger partial charge in [0.1, 0.15) is 5.76 Å². The van der Waals surface area contributed by atoms with Gasteiger partial charge in [-0.1, -0.05) is 30.3 Å². The van der Waals surface area contributed by atoms with E-state index in [0.29, 0.717) is 31.0 Å². The average Bonchev–Trinajstić information content (AvgIpc) is 3.45. The van der Waals surface area contributed by atoms with Gasteiger partial charge in [0.2, 0.25) is 11.9 Å². The minimum absolute atomic E-state index is 0.0690. The van der Waals surface area contributed by atoms with Crippen molar-refractivity contribution < 1.29 is 18.7 Å². The van der Waals surface area contributed by atoms with Crippen molar-refractivity contribution in [3.63, 3.8) is 0 Å². The van der Waals surface area contributed by atoms with E-state index in [-0.39, 0.29) is 11.7 Å². The van der Waals surface area contributed by atoms with E-state index in [0.717, 1.165) is 19.3 Å². The van der Waals surface area contributed by atoms with E-state index >= 15 is 0 Å². The molecular formula is C22H23N3O4. The standard InChI is InChI=1S/C22H23N3O4/c26-21(24-13-5-2-6-14-24)20(17-8-3-1-4-9-17)29-22(27)19-11-10-18(28-19)16-25-15-7-12-23-25/h1,3-4,7-12,15,20H,2,5-6,13-14,16H2. The minimum Gasteiger partial charge on any atom is -0.452 e. The van der Waals surface area contributed by atoms with Gasteiger partial charge in [-0.25, -0.2) is 4.79 Å². The number of furan rings is 1. The summed E-state index contributed by atoms with van der Waals surface area (Å²) in [5, 5.41) is 4.12. The van der Waals surface area contributed by atoms with Crippen molar-refractivity contribution in [1.29, 1.82) is 0 Å². The third kappa shape index (κ3) is 4.56. The van der Waals surface area contributed by atoms with E-state index in [1.807, 2.05) is 30.5 Å². The Hall–Kier alpha value is -3.35. The van der Waals surface area contributed by atoms with E-state index in [2.05, 4.69) is 5.10 Å². The van der Waals surface area contributed by atoms with Crippen molar-refractivity contribution >= 4 is 11.9 Å². The molecule has 7 heteroatoms. The number of hydrogen-bond donors (Lipinski definition) is 0. The molecule has 1 aliphatic rings. The Balaban J connectivity index is 1.50. The first-order chi connectivity index (χ1) is 14.2. The molecule has 1 fully saturated rings. The van der Waals surface area contributed by atoms with Crippen molar-refractivity contribution in [2.45, 2.75) is 31.9 Å². The van der Waals surface area contributed by atoms with E-state index in [1.165, 1.54) is 0 Å². The van der Waals surface area contributed by atoms with Crippen LogP contribution in [0.1, 0.15) is 47.2 Å². The number of aromatic nitrogens is 2. The summed E-state index contributed by atoms with van der Waals surface area (Å²) in [5.74, 6) is -0.192. The molecule has 7 nitrogen and oxygen atoms in total. The van der Waals surface area contributed by atoms with Gasteiger partial charge in [-0.3, -0.25) is 9.48 Å². The van der Waals surface area contributed by atoms with Crippen LogP contribution < -0.4 is 0 Å². The van der Waals surface area contributed by atoms with Crippen molar-refractivity contribution in [2.75, 3.05) is 13.1 Å². The van der Waals surface area contributed by atoms with Gasteiger partial charge in [-0.05, 0) is 37.5 Å². The number of piperidine rings is 1. The summed E-state index contributed by atoms with van der Waals surface area (Å²) >= 11 is 0. The Morgan fingerprint density at radius 1 is 1.03 bits per heavy atom. The Kier molecular flexibility index (Phi) is 5.74. The molecule has 1 atom stereocenters. The highest BCUT2D eigenvalue weighted by atomic mass is 16.6. The first-order valence-corrected chi connectivity index (χ1v) is 9.81. The van der Waals surface area contributed by atoms with Crippen LogP contribution in [0.5, 0.6) is 0 Å². The zero-order valence-electron chi connectivity index (χ0n) is 16.1. The third-order valence-electron chi connectivity index (χ3n) is 4.96. The predicted molar refractivity (Wildman–Crippen MR) is 105 cm³/mol. The maximum atomic E-state index is 13.1. The average molecular weight is 393 g/mol. The van der Waals surface area contributed by atoms with E-state index in [1.54, 1.807) is 40.0 Å². The number of rotatable bonds is 6. The zero-order chi connectivity index (χ0) is 20.1. The topological polar surface area (TPSA) is 77.6 Å². The van der Waals surface area contributed by atoms with Crippen LogP contribution in [0.25, 0.3) is 0 Å². The van der Waals surface area contributed by atoms with Crippen LogP contribution in [0.2, 0.25) is 0 Å². The monoisotopic (exact) mass is 393 g/mol. The fraction of sp³-hybridized carbons (Fsp3) is 0.318. The quantitative estimate of drug-likeness (QED) is 0.600. The first kappa shape index (κ1) is 19.0. The van der Waals surface area contributed by atoms with Gasteiger partial charge in [0.15, 0.2) is 0 Å². The van der Waals surface area contributed by atoms with Gasteiger partial charge in [-0.15, -0.1) is 0 Å². The molecular weight excluding hydrogens is 370 g/mol. The van der Waals surface area contributed by atoms with Crippen LogP contribution in [-0.4, -0.2) is 39.6 Å². The molecule has 1 aromatic carbocycles. The molecule has 0 bridgehead atoms. The molecule has 1 amide bonds. The molecule has 0 spiro atoms. The summed E-state index contributed by atoms with van der Waals surface area (Å²) < 4.78 is 13.0. The number of amides is 1. The maximum absolute atomic E-state index is 13.1. The molecule has 29 heavy (non-hydrogen) atoms. The predicted octanol–water partition coefficient (Wildman–Crippen LogP) is 3.44. The van der Waals surface area contributed by atoms with Crippen LogP contribution in [-0.2, 0) is 16.1 Å². The van der Waals surface area contributed by atoms with Gasteiger partial charge < -0.3 is 14.1 Å². The summed E-state index contributed by atoms with van der Waals surface area (Å²) in [4.78, 5) is 27.6. The molecule has 4 rings (SSSR count). The third-order valence-corrected chi connectivity index (χ3v) is 4.96. The normalized spacial score (nSPS) is 15.1. The molecule has 2 aromatic heterocycles. The van der Waals surface area contributed by atoms with Crippen LogP contribution in [0, 0.1) is 0 Å². The Morgan fingerprint density at radius 3 is 2.55 bits per heavy atom. The number of nitrogens with zero attached hydrogens (tertiary/aromatic N) is 3. The number of esters is 1. The second kappa shape index (κ2) is 8.77. The van der Waals surface area contributed by atoms with Crippen molar-refractivity contribution in [3.8, 4) is 0 Å². The summed E-state index contributed by atoms with van der Waals surface area (Å²) in [6.07, 6.45) is 5.55. The van der Waals surface area contributed by atoms with Gasteiger partial charge in [-0.2, -0.15) is 5.10 Å². The van der Waals surface area contributed by atoms with Crippen LogP contribution in [0.15, 0.2) is 65.3 Å². The number of carbonyl (C=O) groups excluding carboxylic acids is 2. The van der Waals surface area contributed by atoms with Gasteiger partial charge in [0, 0.05) is 31.0 Å². The molecule has 0 saturated carbocycles. The Labute approximate surface area is 168 Å². The van der Waals surface area contributed by atoms with E-state index < -0.39 is 12.1 Å². The van der Waals surface area contributed by atoms with E-state index in [9.17, 15) is 9.59 Å². The SMILES string of the molecule is O=C(OC(C(=O)N1CCCCC1)c1ccccc1)c1ccc(Cn2cccn2)o1. The second-order valence-corrected chi connectivity index (χ2v) is 7.05. The van der Waals surface area contributed by atoms with Gasteiger partial charge >= 0.3 is 5.97 Å². The number of hydrogen-bond acceptors (Lipinski definition) is 5. The lowest BCUT2D eigenvalue weighted by Crippen LogP contribution is -2.40. The lowest BCUT2D eigenvalue weighted by molar-refractivity contribution is -0.142. The smallest absolute Gasteiger partial charge is 0.375 e. The molecule has 0 aliphatic carbocycles. The molecule has 1 aliphatic heterocycles.